The molecule has 2 aromatic rings. The van der Waals surface area contributed by atoms with Crippen LogP contribution in [0.3, 0.4) is 0 Å². The van der Waals surface area contributed by atoms with Crippen molar-refractivity contribution in [2.75, 3.05) is 18.0 Å². The molecule has 0 saturated carbocycles. The highest BCUT2D eigenvalue weighted by Gasteiger charge is 2.21. The first-order valence-corrected chi connectivity index (χ1v) is 9.92. The van der Waals surface area contributed by atoms with E-state index in [0.717, 1.165) is 30.5 Å². The second kappa shape index (κ2) is 8.63. The number of aryl methyl sites for hydroxylation is 1. The molecule has 1 aliphatic rings. The zero-order valence-electron chi connectivity index (χ0n) is 16.6. The van der Waals surface area contributed by atoms with E-state index in [-0.39, 0.29) is 0 Å². The van der Waals surface area contributed by atoms with E-state index in [4.69, 9.17) is 0 Å². The summed E-state index contributed by atoms with van der Waals surface area (Å²) in [6, 6.07) is 12.0. The number of rotatable bonds is 6. The standard InChI is InChI=1S/C22H32N4/c1-16(2)14-17(3)24-20-9-12-26(13-10-20)21-7-5-6-19(15-21)22-8-11-23-18(4)25-22/h5-8,11,15-17,20,24H,9-10,12-14H2,1-4H3/t17-/m1/s1. The summed E-state index contributed by atoms with van der Waals surface area (Å²) in [4.78, 5) is 11.3. The van der Waals surface area contributed by atoms with E-state index < -0.39 is 0 Å². The predicted molar refractivity (Wildman–Crippen MR) is 109 cm³/mol. The molecule has 0 radical (unpaired) electrons. The Balaban J connectivity index is 1.60. The zero-order valence-corrected chi connectivity index (χ0v) is 16.6. The maximum atomic E-state index is 4.56. The first-order chi connectivity index (χ1) is 12.5. The lowest BCUT2D eigenvalue weighted by molar-refractivity contribution is 0.346. The molecule has 1 fully saturated rings. The van der Waals surface area contributed by atoms with Crippen LogP contribution in [0.2, 0.25) is 0 Å². The van der Waals surface area contributed by atoms with Gasteiger partial charge in [-0.1, -0.05) is 26.0 Å². The van der Waals surface area contributed by atoms with Gasteiger partial charge in [0.15, 0.2) is 0 Å². The van der Waals surface area contributed by atoms with Crippen molar-refractivity contribution >= 4 is 5.69 Å². The van der Waals surface area contributed by atoms with E-state index in [1.165, 1.54) is 30.5 Å². The Hall–Kier alpha value is -1.94. The molecule has 0 aliphatic carbocycles. The van der Waals surface area contributed by atoms with E-state index >= 15 is 0 Å². The van der Waals surface area contributed by atoms with Crippen molar-refractivity contribution in [3.05, 3.63) is 42.4 Å². The van der Waals surface area contributed by atoms with Gasteiger partial charge in [-0.2, -0.15) is 0 Å². The molecule has 4 nitrogen and oxygen atoms in total. The van der Waals surface area contributed by atoms with E-state index in [1.807, 2.05) is 19.2 Å². The lowest BCUT2D eigenvalue weighted by atomic mass is 10.00. The fourth-order valence-corrected chi connectivity index (χ4v) is 3.96. The van der Waals surface area contributed by atoms with E-state index in [0.29, 0.717) is 12.1 Å². The molecule has 0 spiro atoms. The van der Waals surface area contributed by atoms with Crippen LogP contribution in [0.5, 0.6) is 0 Å². The molecule has 1 saturated heterocycles. The van der Waals surface area contributed by atoms with Crippen LogP contribution in [0.1, 0.15) is 45.9 Å². The summed E-state index contributed by atoms with van der Waals surface area (Å²) < 4.78 is 0. The monoisotopic (exact) mass is 352 g/mol. The SMILES string of the molecule is Cc1nccc(-c2cccc(N3CCC(N[C@H](C)CC(C)C)CC3)c2)n1. The number of aromatic nitrogens is 2. The van der Waals surface area contributed by atoms with Gasteiger partial charge in [0.05, 0.1) is 5.69 Å². The molecule has 0 unspecified atom stereocenters. The Bertz CT molecular complexity index is 705. The molecule has 1 aliphatic heterocycles. The maximum absolute atomic E-state index is 4.56. The van der Waals surface area contributed by atoms with Crippen molar-refractivity contribution in [2.24, 2.45) is 5.92 Å². The van der Waals surface area contributed by atoms with Crippen molar-refractivity contribution in [1.82, 2.24) is 15.3 Å². The van der Waals surface area contributed by atoms with Gasteiger partial charge in [0.1, 0.15) is 5.82 Å². The van der Waals surface area contributed by atoms with E-state index in [9.17, 15) is 0 Å². The highest BCUT2D eigenvalue weighted by Crippen LogP contribution is 2.26. The molecule has 2 heterocycles. The van der Waals surface area contributed by atoms with Gasteiger partial charge in [0.25, 0.3) is 0 Å². The molecular weight excluding hydrogens is 320 g/mol. The summed E-state index contributed by atoms with van der Waals surface area (Å²) in [7, 11) is 0. The van der Waals surface area contributed by atoms with Crippen LogP contribution in [-0.2, 0) is 0 Å². The van der Waals surface area contributed by atoms with Crippen LogP contribution in [0, 0.1) is 12.8 Å². The third kappa shape index (κ3) is 5.04. The van der Waals surface area contributed by atoms with Crippen LogP contribution >= 0.6 is 0 Å². The summed E-state index contributed by atoms with van der Waals surface area (Å²) in [5, 5.41) is 3.82. The second-order valence-electron chi connectivity index (χ2n) is 8.00. The number of nitrogens with one attached hydrogen (secondary N) is 1. The van der Waals surface area contributed by atoms with Crippen LogP contribution in [0.25, 0.3) is 11.3 Å². The third-order valence-electron chi connectivity index (χ3n) is 5.12. The Morgan fingerprint density at radius 2 is 1.92 bits per heavy atom. The lowest BCUT2D eigenvalue weighted by Gasteiger charge is -2.35. The fourth-order valence-electron chi connectivity index (χ4n) is 3.96. The van der Waals surface area contributed by atoms with Crippen molar-refractivity contribution in [1.29, 1.82) is 0 Å². The number of anilines is 1. The highest BCUT2D eigenvalue weighted by atomic mass is 15.1. The number of benzene rings is 1. The molecule has 0 amide bonds. The molecule has 0 bridgehead atoms. The van der Waals surface area contributed by atoms with E-state index in [2.05, 4.69) is 65.2 Å². The Kier molecular flexibility index (Phi) is 6.25. The molecule has 1 aromatic heterocycles. The number of nitrogens with zero attached hydrogens (tertiary/aromatic N) is 3. The Labute approximate surface area is 158 Å². The predicted octanol–water partition coefficient (Wildman–Crippen LogP) is 4.45. The first kappa shape index (κ1) is 18.8. The molecule has 140 valence electrons. The van der Waals surface area contributed by atoms with Gasteiger partial charge < -0.3 is 10.2 Å². The highest BCUT2D eigenvalue weighted by molar-refractivity contribution is 5.65. The van der Waals surface area contributed by atoms with Crippen molar-refractivity contribution in [3.8, 4) is 11.3 Å². The van der Waals surface area contributed by atoms with Gasteiger partial charge in [-0.05, 0) is 57.2 Å². The van der Waals surface area contributed by atoms with Gasteiger partial charge in [0.2, 0.25) is 0 Å². The van der Waals surface area contributed by atoms with Crippen LogP contribution < -0.4 is 10.2 Å². The average Bonchev–Trinajstić information content (AvgIpc) is 2.62. The van der Waals surface area contributed by atoms with Gasteiger partial charge in [-0.25, -0.2) is 9.97 Å². The largest absolute Gasteiger partial charge is 0.371 e. The van der Waals surface area contributed by atoms with Gasteiger partial charge in [0, 0.05) is 42.6 Å². The molecule has 1 atom stereocenters. The van der Waals surface area contributed by atoms with Gasteiger partial charge in [-0.3, -0.25) is 0 Å². The lowest BCUT2D eigenvalue weighted by Crippen LogP contribution is -2.45. The summed E-state index contributed by atoms with van der Waals surface area (Å²) in [5.74, 6) is 1.57. The number of piperidine rings is 1. The molecular formula is C22H32N4. The van der Waals surface area contributed by atoms with Crippen molar-refractivity contribution < 1.29 is 0 Å². The first-order valence-electron chi connectivity index (χ1n) is 9.92. The van der Waals surface area contributed by atoms with Crippen LogP contribution in [0.4, 0.5) is 5.69 Å². The molecule has 26 heavy (non-hydrogen) atoms. The Morgan fingerprint density at radius 1 is 1.15 bits per heavy atom. The average molecular weight is 353 g/mol. The smallest absolute Gasteiger partial charge is 0.125 e. The quantitative estimate of drug-likeness (QED) is 0.834. The molecule has 4 heteroatoms. The summed E-state index contributed by atoms with van der Waals surface area (Å²) >= 11 is 0. The van der Waals surface area contributed by atoms with Crippen LogP contribution in [0.15, 0.2) is 36.5 Å². The second-order valence-corrected chi connectivity index (χ2v) is 8.00. The minimum atomic E-state index is 0.607. The van der Waals surface area contributed by atoms with Gasteiger partial charge >= 0.3 is 0 Å². The van der Waals surface area contributed by atoms with Crippen molar-refractivity contribution in [3.63, 3.8) is 0 Å². The molecule has 1 N–H and O–H groups in total. The van der Waals surface area contributed by atoms with Crippen molar-refractivity contribution in [2.45, 2.75) is 59.0 Å². The zero-order chi connectivity index (χ0) is 18.5. The van der Waals surface area contributed by atoms with Gasteiger partial charge in [-0.15, -0.1) is 0 Å². The minimum Gasteiger partial charge on any atom is -0.371 e. The maximum Gasteiger partial charge on any atom is 0.125 e. The fraction of sp³-hybridized carbons (Fsp3) is 0.545. The summed E-state index contributed by atoms with van der Waals surface area (Å²) in [6.45, 7) is 11.1. The summed E-state index contributed by atoms with van der Waals surface area (Å²) in [6.07, 6.45) is 5.50. The molecule has 1 aromatic carbocycles. The summed E-state index contributed by atoms with van der Waals surface area (Å²) in [5.41, 5.74) is 3.46. The topological polar surface area (TPSA) is 41.1 Å². The third-order valence-corrected chi connectivity index (χ3v) is 5.12. The van der Waals surface area contributed by atoms with Crippen LogP contribution in [-0.4, -0.2) is 35.1 Å². The van der Waals surface area contributed by atoms with E-state index in [1.54, 1.807) is 0 Å². The minimum absolute atomic E-state index is 0.607. The molecule has 3 rings (SSSR count). The normalized spacial score (nSPS) is 16.9. The number of hydrogen-bond acceptors (Lipinski definition) is 4. The Morgan fingerprint density at radius 3 is 2.62 bits per heavy atom. The number of hydrogen-bond donors (Lipinski definition) is 1.